The third-order valence-electron chi connectivity index (χ3n) is 1.72. The molecule has 0 saturated heterocycles. The number of rotatable bonds is 4. The zero-order valence-electron chi connectivity index (χ0n) is 7.66. The summed E-state index contributed by atoms with van der Waals surface area (Å²) in [5.41, 5.74) is 5.93. The summed E-state index contributed by atoms with van der Waals surface area (Å²) in [6.45, 7) is 2.11. The minimum Gasteiger partial charge on any atom is -0.363 e. The van der Waals surface area contributed by atoms with Crippen LogP contribution in [0.4, 0.5) is 0 Å². The summed E-state index contributed by atoms with van der Waals surface area (Å²) in [5.74, 6) is -0.466. The second kappa shape index (κ2) is 4.54. The van der Waals surface area contributed by atoms with Gasteiger partial charge in [-0.2, -0.15) is 0 Å². The number of hydrogen-bond acceptors (Lipinski definition) is 3. The van der Waals surface area contributed by atoms with Crippen LogP contribution in [0, 0.1) is 0 Å². The number of unbranched alkanes of at least 4 members (excludes halogenated alkanes) is 1. The quantitative estimate of drug-likeness (QED) is 0.747. The number of aromatic nitrogens is 2. The van der Waals surface area contributed by atoms with Gasteiger partial charge in [0.15, 0.2) is 0 Å². The fourth-order valence-electron chi connectivity index (χ4n) is 1.01. The predicted molar refractivity (Wildman–Crippen MR) is 49.2 cm³/mol. The van der Waals surface area contributed by atoms with Crippen molar-refractivity contribution in [2.45, 2.75) is 26.2 Å². The van der Waals surface area contributed by atoms with Crippen molar-refractivity contribution in [2.24, 2.45) is 5.73 Å². The first kappa shape index (κ1) is 9.64. The van der Waals surface area contributed by atoms with Crippen LogP contribution in [0.1, 0.15) is 36.1 Å². The lowest BCUT2D eigenvalue weighted by molar-refractivity contribution is 0.0990. The molecule has 1 heterocycles. The minimum absolute atomic E-state index is 0.105. The third kappa shape index (κ3) is 2.82. The van der Waals surface area contributed by atoms with Gasteiger partial charge in [-0.25, -0.2) is 9.97 Å². The van der Waals surface area contributed by atoms with Gasteiger partial charge in [-0.3, -0.25) is 4.79 Å². The number of nitrogens with two attached hydrogens (primary N) is 1. The number of hydrogen-bond donors (Lipinski definition) is 1. The van der Waals surface area contributed by atoms with Crippen LogP contribution in [0.2, 0.25) is 0 Å². The van der Waals surface area contributed by atoms with E-state index in [1.165, 1.54) is 0 Å². The highest BCUT2D eigenvalue weighted by Crippen LogP contribution is 2.01. The molecule has 0 bridgehead atoms. The first-order valence-electron chi connectivity index (χ1n) is 4.35. The normalized spacial score (nSPS) is 9.92. The van der Waals surface area contributed by atoms with E-state index in [1.807, 2.05) is 6.07 Å². The summed E-state index contributed by atoms with van der Waals surface area (Å²) in [4.78, 5) is 18.5. The molecule has 0 spiro atoms. The molecule has 0 aliphatic heterocycles. The molecular formula is C9H13N3O. The second-order valence-corrected chi connectivity index (χ2v) is 2.84. The van der Waals surface area contributed by atoms with E-state index in [0.29, 0.717) is 0 Å². The number of aryl methyl sites for hydroxylation is 1. The Labute approximate surface area is 77.2 Å². The molecule has 0 atom stereocenters. The molecule has 1 rings (SSSR count). The van der Waals surface area contributed by atoms with E-state index in [2.05, 4.69) is 16.9 Å². The summed E-state index contributed by atoms with van der Waals surface area (Å²) in [6.07, 6.45) is 4.61. The van der Waals surface area contributed by atoms with Gasteiger partial charge in [0.1, 0.15) is 0 Å². The topological polar surface area (TPSA) is 68.9 Å². The van der Waals surface area contributed by atoms with Crippen molar-refractivity contribution in [2.75, 3.05) is 0 Å². The monoisotopic (exact) mass is 179 g/mol. The zero-order valence-corrected chi connectivity index (χ0v) is 7.66. The summed E-state index contributed by atoms with van der Waals surface area (Å²) >= 11 is 0. The second-order valence-electron chi connectivity index (χ2n) is 2.84. The molecule has 13 heavy (non-hydrogen) atoms. The maximum Gasteiger partial charge on any atom is 0.286 e. The van der Waals surface area contributed by atoms with E-state index in [1.54, 1.807) is 6.20 Å². The predicted octanol–water partition coefficient (Wildman–Crippen LogP) is 0.918. The van der Waals surface area contributed by atoms with Crippen molar-refractivity contribution in [3.05, 3.63) is 23.8 Å². The lowest BCUT2D eigenvalue weighted by Crippen LogP contribution is -2.15. The summed E-state index contributed by atoms with van der Waals surface area (Å²) < 4.78 is 0. The van der Waals surface area contributed by atoms with Crippen LogP contribution in [-0.4, -0.2) is 15.9 Å². The Morgan fingerprint density at radius 3 is 3.00 bits per heavy atom. The Bertz CT molecular complexity index is 299. The van der Waals surface area contributed by atoms with E-state index in [9.17, 15) is 4.79 Å². The van der Waals surface area contributed by atoms with E-state index >= 15 is 0 Å². The highest BCUT2D eigenvalue weighted by atomic mass is 16.1. The van der Waals surface area contributed by atoms with Gasteiger partial charge < -0.3 is 5.73 Å². The van der Waals surface area contributed by atoms with E-state index in [0.717, 1.165) is 25.0 Å². The van der Waals surface area contributed by atoms with Crippen LogP contribution in [0.25, 0.3) is 0 Å². The van der Waals surface area contributed by atoms with Gasteiger partial charge in [-0.15, -0.1) is 0 Å². The molecule has 0 saturated carbocycles. The number of carbonyl (C=O) groups excluding carboxylic acids is 1. The van der Waals surface area contributed by atoms with E-state index in [4.69, 9.17) is 5.73 Å². The molecule has 0 aliphatic carbocycles. The standard InChI is InChI=1S/C9H13N3O/c1-2-3-4-7-5-6-11-9(12-7)8(10)13/h5-6H,2-4H2,1H3,(H2,10,13). The molecule has 0 aromatic carbocycles. The van der Waals surface area contributed by atoms with Gasteiger partial charge >= 0.3 is 0 Å². The lowest BCUT2D eigenvalue weighted by atomic mass is 10.2. The van der Waals surface area contributed by atoms with Crippen LogP contribution >= 0.6 is 0 Å². The number of primary amides is 1. The average molecular weight is 179 g/mol. The first-order valence-corrected chi connectivity index (χ1v) is 4.35. The van der Waals surface area contributed by atoms with Gasteiger partial charge in [0.25, 0.3) is 5.91 Å². The van der Waals surface area contributed by atoms with Gasteiger partial charge in [-0.1, -0.05) is 13.3 Å². The smallest absolute Gasteiger partial charge is 0.286 e. The van der Waals surface area contributed by atoms with Crippen molar-refractivity contribution >= 4 is 5.91 Å². The molecule has 0 aliphatic rings. The number of amides is 1. The zero-order chi connectivity index (χ0) is 9.68. The molecule has 0 unspecified atom stereocenters. The molecule has 4 heteroatoms. The average Bonchev–Trinajstić information content (AvgIpc) is 2.15. The van der Waals surface area contributed by atoms with E-state index < -0.39 is 5.91 Å². The highest BCUT2D eigenvalue weighted by molar-refractivity contribution is 5.88. The maximum atomic E-state index is 10.7. The number of nitrogens with zero attached hydrogens (tertiary/aromatic N) is 2. The lowest BCUT2D eigenvalue weighted by Gasteiger charge is -1.99. The van der Waals surface area contributed by atoms with Crippen LogP contribution in [0.3, 0.4) is 0 Å². The Kier molecular flexibility index (Phi) is 3.37. The minimum atomic E-state index is -0.571. The van der Waals surface area contributed by atoms with Crippen molar-refractivity contribution in [3.63, 3.8) is 0 Å². The van der Waals surface area contributed by atoms with E-state index in [-0.39, 0.29) is 5.82 Å². The molecule has 2 N–H and O–H groups in total. The maximum absolute atomic E-state index is 10.7. The van der Waals surface area contributed by atoms with Crippen LogP contribution in [-0.2, 0) is 6.42 Å². The fourth-order valence-corrected chi connectivity index (χ4v) is 1.01. The Hall–Kier alpha value is -1.45. The Balaban J connectivity index is 2.73. The molecule has 0 radical (unpaired) electrons. The van der Waals surface area contributed by atoms with Crippen molar-refractivity contribution in [1.82, 2.24) is 9.97 Å². The van der Waals surface area contributed by atoms with Crippen LogP contribution in [0.5, 0.6) is 0 Å². The summed E-state index contributed by atoms with van der Waals surface area (Å²) in [7, 11) is 0. The highest BCUT2D eigenvalue weighted by Gasteiger charge is 2.03. The summed E-state index contributed by atoms with van der Waals surface area (Å²) in [5, 5.41) is 0. The summed E-state index contributed by atoms with van der Waals surface area (Å²) in [6, 6.07) is 1.81. The number of carbonyl (C=O) groups is 1. The molecule has 70 valence electrons. The molecule has 1 aromatic heterocycles. The molecule has 1 aromatic rings. The van der Waals surface area contributed by atoms with Gasteiger partial charge in [0, 0.05) is 11.9 Å². The molecule has 0 fully saturated rings. The Morgan fingerprint density at radius 1 is 1.62 bits per heavy atom. The van der Waals surface area contributed by atoms with Gasteiger partial charge in [0.05, 0.1) is 0 Å². The SMILES string of the molecule is CCCCc1ccnc(C(N)=O)n1. The molecule has 4 nitrogen and oxygen atoms in total. The van der Waals surface area contributed by atoms with Crippen molar-refractivity contribution in [1.29, 1.82) is 0 Å². The van der Waals surface area contributed by atoms with Crippen LogP contribution in [0.15, 0.2) is 12.3 Å². The fraction of sp³-hybridized carbons (Fsp3) is 0.444. The van der Waals surface area contributed by atoms with Crippen molar-refractivity contribution in [3.8, 4) is 0 Å². The molecular weight excluding hydrogens is 166 g/mol. The Morgan fingerprint density at radius 2 is 2.38 bits per heavy atom. The van der Waals surface area contributed by atoms with Gasteiger partial charge in [0.2, 0.25) is 5.82 Å². The van der Waals surface area contributed by atoms with Crippen LogP contribution < -0.4 is 5.73 Å². The largest absolute Gasteiger partial charge is 0.363 e. The van der Waals surface area contributed by atoms with Gasteiger partial charge in [-0.05, 0) is 18.9 Å². The van der Waals surface area contributed by atoms with Crippen molar-refractivity contribution < 1.29 is 4.79 Å². The first-order chi connectivity index (χ1) is 6.24. The molecule has 1 amide bonds. The third-order valence-corrected chi connectivity index (χ3v) is 1.72.